The predicted octanol–water partition coefficient (Wildman–Crippen LogP) is 3.74. The molecule has 156 valence electrons. The number of urea groups is 1. The Kier molecular flexibility index (Phi) is 6.56. The fourth-order valence-corrected chi connectivity index (χ4v) is 3.44. The van der Waals surface area contributed by atoms with Crippen molar-refractivity contribution in [2.75, 3.05) is 18.5 Å². The molecule has 1 aliphatic heterocycles. The van der Waals surface area contributed by atoms with Gasteiger partial charge in [0.2, 0.25) is 5.91 Å². The van der Waals surface area contributed by atoms with Gasteiger partial charge in [-0.15, -0.1) is 0 Å². The van der Waals surface area contributed by atoms with Crippen LogP contribution in [0.25, 0.3) is 0 Å². The first-order valence-electron chi connectivity index (χ1n) is 10.3. The van der Waals surface area contributed by atoms with Crippen molar-refractivity contribution >= 4 is 23.6 Å². The molecule has 0 bridgehead atoms. The molecule has 1 atom stereocenters. The van der Waals surface area contributed by atoms with Gasteiger partial charge in [-0.05, 0) is 50.8 Å². The highest BCUT2D eigenvalue weighted by Crippen LogP contribution is 2.33. The maximum Gasteiger partial charge on any atom is 0.338 e. The topological polar surface area (TPSA) is 87.7 Å². The summed E-state index contributed by atoms with van der Waals surface area (Å²) >= 11 is 0. The van der Waals surface area contributed by atoms with Gasteiger partial charge in [-0.3, -0.25) is 9.69 Å². The third-order valence-corrected chi connectivity index (χ3v) is 5.29. The van der Waals surface area contributed by atoms with Gasteiger partial charge < -0.3 is 15.4 Å². The first-order chi connectivity index (χ1) is 14.0. The average Bonchev–Trinajstić information content (AvgIpc) is 3.53. The highest BCUT2D eigenvalue weighted by atomic mass is 16.5. The van der Waals surface area contributed by atoms with Gasteiger partial charge >= 0.3 is 12.0 Å². The lowest BCUT2D eigenvalue weighted by Crippen LogP contribution is -2.48. The van der Waals surface area contributed by atoms with Crippen LogP contribution in [0.2, 0.25) is 0 Å². The summed E-state index contributed by atoms with van der Waals surface area (Å²) < 4.78 is 5.27. The second-order valence-electron chi connectivity index (χ2n) is 7.49. The minimum atomic E-state index is -0.590. The Hall–Kier alpha value is -2.83. The molecule has 7 nitrogen and oxygen atoms in total. The molecule has 7 heteroatoms. The predicted molar refractivity (Wildman–Crippen MR) is 110 cm³/mol. The molecule has 0 unspecified atom stereocenters. The van der Waals surface area contributed by atoms with Crippen LogP contribution in [-0.4, -0.2) is 36.0 Å². The molecule has 1 aromatic rings. The third-order valence-electron chi connectivity index (χ3n) is 5.29. The maximum atomic E-state index is 12.7. The van der Waals surface area contributed by atoms with E-state index in [1.807, 2.05) is 12.1 Å². The lowest BCUT2D eigenvalue weighted by atomic mass is 9.94. The summed E-state index contributed by atoms with van der Waals surface area (Å²) in [4.78, 5) is 38.9. The zero-order chi connectivity index (χ0) is 21.0. The van der Waals surface area contributed by atoms with Crippen molar-refractivity contribution in [1.82, 2.24) is 10.2 Å². The average molecular weight is 399 g/mol. The van der Waals surface area contributed by atoms with E-state index in [0.29, 0.717) is 23.5 Å². The number of esters is 1. The Bertz CT molecular complexity index is 812. The van der Waals surface area contributed by atoms with Gasteiger partial charge in [-0.25, -0.2) is 9.59 Å². The second-order valence-corrected chi connectivity index (χ2v) is 7.49. The number of benzene rings is 1. The first kappa shape index (κ1) is 20.9. The van der Waals surface area contributed by atoms with E-state index in [1.165, 1.54) is 0 Å². The minimum absolute atomic E-state index is 0.0400. The summed E-state index contributed by atoms with van der Waals surface area (Å²) in [5, 5.41) is 5.84. The molecule has 29 heavy (non-hydrogen) atoms. The van der Waals surface area contributed by atoms with Crippen molar-refractivity contribution in [1.29, 1.82) is 0 Å². The number of amides is 3. The monoisotopic (exact) mass is 399 g/mol. The normalized spacial score (nSPS) is 19.1. The van der Waals surface area contributed by atoms with Crippen LogP contribution >= 0.6 is 0 Å². The smallest absolute Gasteiger partial charge is 0.338 e. The summed E-state index contributed by atoms with van der Waals surface area (Å²) in [5.74, 6) is -0.261. The van der Waals surface area contributed by atoms with E-state index in [9.17, 15) is 14.4 Å². The minimum Gasteiger partial charge on any atom is -0.463 e. The molecule has 2 aliphatic rings. The van der Waals surface area contributed by atoms with Crippen molar-refractivity contribution in [2.24, 2.45) is 5.92 Å². The molecule has 1 fully saturated rings. The Labute approximate surface area is 171 Å². The van der Waals surface area contributed by atoms with E-state index in [-0.39, 0.29) is 24.5 Å². The number of nitrogens with one attached hydrogen (secondary N) is 2. The maximum absolute atomic E-state index is 12.7. The number of hydrogen-bond donors (Lipinski definition) is 2. The summed E-state index contributed by atoms with van der Waals surface area (Å²) in [6, 6.07) is 6.42. The van der Waals surface area contributed by atoms with Gasteiger partial charge in [-0.2, -0.15) is 0 Å². The van der Waals surface area contributed by atoms with Gasteiger partial charge in [0.05, 0.1) is 18.2 Å². The molecule has 3 rings (SSSR count). The van der Waals surface area contributed by atoms with Gasteiger partial charge in [0.25, 0.3) is 0 Å². The Morgan fingerprint density at radius 2 is 1.90 bits per heavy atom. The van der Waals surface area contributed by atoms with Crippen LogP contribution in [0, 0.1) is 5.92 Å². The van der Waals surface area contributed by atoms with E-state index in [2.05, 4.69) is 17.6 Å². The van der Waals surface area contributed by atoms with Crippen molar-refractivity contribution in [2.45, 2.75) is 52.5 Å². The van der Waals surface area contributed by atoms with Crippen LogP contribution in [0.15, 0.2) is 35.5 Å². The second kappa shape index (κ2) is 9.11. The van der Waals surface area contributed by atoms with Crippen LogP contribution in [0.4, 0.5) is 10.5 Å². The number of unbranched alkanes of at least 4 members (excludes halogenated alkanes) is 1. The molecular weight excluding hydrogens is 370 g/mol. The van der Waals surface area contributed by atoms with Crippen molar-refractivity contribution < 1.29 is 19.1 Å². The lowest BCUT2D eigenvalue weighted by molar-refractivity contribution is -0.139. The summed E-state index contributed by atoms with van der Waals surface area (Å²) in [7, 11) is 0. The Morgan fingerprint density at radius 1 is 1.21 bits per heavy atom. The number of allylic oxidation sites excluding steroid dienone is 1. The van der Waals surface area contributed by atoms with Crippen LogP contribution in [-0.2, 0) is 14.3 Å². The highest BCUT2D eigenvalue weighted by Gasteiger charge is 2.36. The fraction of sp³-hybridized carbons (Fsp3) is 0.500. The SMILES string of the molecule is CCCCN1C(=O)N[C@@H](c2ccc(NC(=O)C3CC3)cc2)C(C(=O)OCC)=C1C. The number of carbonyl (C=O) groups excluding carboxylic acids is 3. The number of ether oxygens (including phenoxy) is 1. The molecule has 1 aromatic carbocycles. The zero-order valence-corrected chi connectivity index (χ0v) is 17.3. The largest absolute Gasteiger partial charge is 0.463 e. The van der Waals surface area contributed by atoms with E-state index in [1.54, 1.807) is 30.9 Å². The standard InChI is InChI=1S/C22H29N3O4/c1-4-6-13-25-14(3)18(21(27)29-5-2)19(24-22(25)28)15-9-11-17(12-10-15)23-20(26)16-7-8-16/h9-12,16,19H,4-8,13H2,1-3H3,(H,23,26)(H,24,28)/t19-/m0/s1. The molecule has 2 N–H and O–H groups in total. The molecule has 1 saturated carbocycles. The third kappa shape index (κ3) is 4.78. The Morgan fingerprint density at radius 3 is 2.48 bits per heavy atom. The van der Waals surface area contributed by atoms with Crippen molar-refractivity contribution in [3.8, 4) is 0 Å². The number of anilines is 1. The number of rotatable bonds is 8. The number of hydrogen-bond acceptors (Lipinski definition) is 4. The van der Waals surface area contributed by atoms with Crippen LogP contribution in [0.3, 0.4) is 0 Å². The van der Waals surface area contributed by atoms with E-state index in [4.69, 9.17) is 4.74 Å². The number of nitrogens with zero attached hydrogens (tertiary/aromatic N) is 1. The van der Waals surface area contributed by atoms with E-state index in [0.717, 1.165) is 31.2 Å². The molecule has 0 spiro atoms. The fourth-order valence-electron chi connectivity index (χ4n) is 3.44. The quantitative estimate of drug-likeness (QED) is 0.652. The van der Waals surface area contributed by atoms with Gasteiger partial charge in [0.15, 0.2) is 0 Å². The molecule has 1 heterocycles. The van der Waals surface area contributed by atoms with Crippen LogP contribution < -0.4 is 10.6 Å². The van der Waals surface area contributed by atoms with E-state index >= 15 is 0 Å². The van der Waals surface area contributed by atoms with Gasteiger partial charge in [-0.1, -0.05) is 25.5 Å². The molecule has 3 amide bonds. The Balaban J connectivity index is 1.86. The molecule has 0 radical (unpaired) electrons. The summed E-state index contributed by atoms with van der Waals surface area (Å²) in [6.07, 6.45) is 3.68. The zero-order valence-electron chi connectivity index (χ0n) is 17.3. The van der Waals surface area contributed by atoms with Crippen LogP contribution in [0.5, 0.6) is 0 Å². The molecule has 0 aromatic heterocycles. The summed E-state index contributed by atoms with van der Waals surface area (Å²) in [6.45, 7) is 6.42. The van der Waals surface area contributed by atoms with Crippen molar-refractivity contribution in [3.63, 3.8) is 0 Å². The lowest BCUT2D eigenvalue weighted by Gasteiger charge is -2.35. The first-order valence-corrected chi connectivity index (χ1v) is 10.3. The van der Waals surface area contributed by atoms with Gasteiger partial charge in [0, 0.05) is 23.8 Å². The van der Waals surface area contributed by atoms with E-state index < -0.39 is 12.0 Å². The van der Waals surface area contributed by atoms with Crippen molar-refractivity contribution in [3.05, 3.63) is 41.1 Å². The number of carbonyl (C=O) groups is 3. The highest BCUT2D eigenvalue weighted by molar-refractivity contribution is 5.95. The van der Waals surface area contributed by atoms with Crippen LogP contribution in [0.1, 0.15) is 58.1 Å². The molecule has 0 saturated heterocycles. The summed E-state index contributed by atoms with van der Waals surface area (Å²) in [5.41, 5.74) is 2.53. The molecule has 1 aliphatic carbocycles. The molecular formula is C22H29N3O4. The van der Waals surface area contributed by atoms with Gasteiger partial charge in [0.1, 0.15) is 0 Å².